The van der Waals surface area contributed by atoms with Gasteiger partial charge in [-0.1, -0.05) is 20.8 Å². The van der Waals surface area contributed by atoms with Crippen LogP contribution in [0.25, 0.3) is 0 Å². The van der Waals surface area contributed by atoms with Crippen LogP contribution >= 0.6 is 24.0 Å². The predicted molar refractivity (Wildman–Crippen MR) is 105 cm³/mol. The fourth-order valence-corrected chi connectivity index (χ4v) is 1.74. The molecule has 22 heavy (non-hydrogen) atoms. The van der Waals surface area contributed by atoms with Gasteiger partial charge in [0.1, 0.15) is 0 Å². The summed E-state index contributed by atoms with van der Waals surface area (Å²) in [7, 11) is 1.67. The Labute approximate surface area is 154 Å². The molecule has 0 aromatic heterocycles. The van der Waals surface area contributed by atoms with E-state index in [0.29, 0.717) is 37.8 Å². The summed E-state index contributed by atoms with van der Waals surface area (Å²) in [6.45, 7) is 14.5. The van der Waals surface area contributed by atoms with E-state index in [0.717, 1.165) is 18.9 Å². The molecule has 0 heterocycles. The summed E-state index contributed by atoms with van der Waals surface area (Å²) in [5.74, 6) is 0.870. The minimum Gasteiger partial charge on any atom is -0.382 e. The number of guanidine groups is 1. The first-order valence-electron chi connectivity index (χ1n) is 8.00. The lowest BCUT2D eigenvalue weighted by Crippen LogP contribution is -2.42. The van der Waals surface area contributed by atoms with Crippen LogP contribution in [0.1, 0.15) is 47.5 Å². The Hall–Kier alpha value is -0.0800. The maximum absolute atomic E-state index is 5.41. The molecule has 134 valence electrons. The molecule has 0 aromatic carbocycles. The van der Waals surface area contributed by atoms with Crippen molar-refractivity contribution in [3.8, 4) is 0 Å². The van der Waals surface area contributed by atoms with Crippen LogP contribution in [0, 0.1) is 5.41 Å². The number of nitrogens with one attached hydrogen (secondary N) is 2. The molecule has 0 bridgehead atoms. The van der Waals surface area contributed by atoms with Crippen LogP contribution in [0.2, 0.25) is 0 Å². The third-order valence-electron chi connectivity index (χ3n) is 2.99. The van der Waals surface area contributed by atoms with Gasteiger partial charge >= 0.3 is 0 Å². The van der Waals surface area contributed by atoms with Crippen molar-refractivity contribution in [2.24, 2.45) is 10.4 Å². The first-order valence-corrected chi connectivity index (χ1v) is 8.00. The molecule has 0 rings (SSSR count). The van der Waals surface area contributed by atoms with Gasteiger partial charge in [-0.2, -0.15) is 0 Å². The van der Waals surface area contributed by atoms with E-state index in [4.69, 9.17) is 9.47 Å². The summed E-state index contributed by atoms with van der Waals surface area (Å²) in [5.41, 5.74) is 0.376. The van der Waals surface area contributed by atoms with Crippen molar-refractivity contribution in [3.05, 3.63) is 0 Å². The van der Waals surface area contributed by atoms with E-state index in [1.165, 1.54) is 6.42 Å². The van der Waals surface area contributed by atoms with E-state index in [1.54, 1.807) is 7.11 Å². The van der Waals surface area contributed by atoms with Crippen LogP contribution < -0.4 is 10.6 Å². The van der Waals surface area contributed by atoms with Crippen LogP contribution in [0.3, 0.4) is 0 Å². The van der Waals surface area contributed by atoms with Gasteiger partial charge in [-0.05, 0) is 32.1 Å². The van der Waals surface area contributed by atoms with Gasteiger partial charge < -0.3 is 20.1 Å². The number of halogens is 1. The summed E-state index contributed by atoms with van der Waals surface area (Å²) < 4.78 is 10.3. The minimum atomic E-state index is 0. The first kappa shape index (κ1) is 24.2. The molecule has 0 aromatic rings. The normalized spacial score (nSPS) is 13.5. The van der Waals surface area contributed by atoms with Gasteiger partial charge in [-0.3, -0.25) is 4.99 Å². The largest absolute Gasteiger partial charge is 0.382 e. The van der Waals surface area contributed by atoms with Crippen molar-refractivity contribution in [2.45, 2.75) is 53.5 Å². The maximum Gasteiger partial charge on any atom is 0.191 e. The first-order chi connectivity index (χ1) is 9.89. The molecule has 0 aliphatic heterocycles. The van der Waals surface area contributed by atoms with E-state index >= 15 is 0 Å². The number of hydrogen-bond donors (Lipinski definition) is 2. The van der Waals surface area contributed by atoms with Gasteiger partial charge in [0.15, 0.2) is 5.96 Å². The number of aliphatic imine (C=N–C) groups is 1. The average molecular weight is 429 g/mol. The van der Waals surface area contributed by atoms with Gasteiger partial charge in [0.2, 0.25) is 0 Å². The van der Waals surface area contributed by atoms with Gasteiger partial charge in [0.05, 0.1) is 26.4 Å². The molecule has 0 aliphatic rings. The zero-order valence-electron chi connectivity index (χ0n) is 15.2. The summed E-state index contributed by atoms with van der Waals surface area (Å²) in [5, 5.41) is 6.72. The van der Waals surface area contributed by atoms with E-state index in [1.807, 2.05) is 0 Å². The molecule has 2 N–H and O–H groups in total. The molecular formula is C16H36IN3O2. The van der Waals surface area contributed by atoms with Crippen LogP contribution in [-0.2, 0) is 9.47 Å². The molecule has 0 fully saturated rings. The Morgan fingerprint density at radius 1 is 1.18 bits per heavy atom. The molecule has 6 heteroatoms. The Kier molecular flexibility index (Phi) is 15.9. The molecule has 0 amide bonds. The molecule has 1 unspecified atom stereocenters. The van der Waals surface area contributed by atoms with Crippen molar-refractivity contribution in [1.82, 2.24) is 10.6 Å². The molecule has 1 atom stereocenters. The fraction of sp³-hybridized carbons (Fsp3) is 0.938. The highest BCUT2D eigenvalue weighted by Gasteiger charge is 2.13. The zero-order valence-corrected chi connectivity index (χ0v) is 17.5. The molecular weight excluding hydrogens is 393 g/mol. The van der Waals surface area contributed by atoms with Gasteiger partial charge in [0, 0.05) is 19.7 Å². The van der Waals surface area contributed by atoms with E-state index in [-0.39, 0.29) is 24.0 Å². The second-order valence-electron chi connectivity index (χ2n) is 6.51. The van der Waals surface area contributed by atoms with E-state index < -0.39 is 0 Å². The third kappa shape index (κ3) is 16.3. The highest BCUT2D eigenvalue weighted by molar-refractivity contribution is 14.0. The standard InChI is InChI=1S/C16H35N3O2.HI/c1-7-17-15(18-10-11-21-13-12-20-6)19-14(2)8-9-16(3,4)5;/h14H,7-13H2,1-6H3,(H2,17,18,19);1H. The molecule has 0 spiro atoms. The number of rotatable bonds is 10. The van der Waals surface area contributed by atoms with Crippen molar-refractivity contribution in [3.63, 3.8) is 0 Å². The van der Waals surface area contributed by atoms with Crippen molar-refractivity contribution < 1.29 is 9.47 Å². The fourth-order valence-electron chi connectivity index (χ4n) is 1.74. The number of ether oxygens (including phenoxy) is 2. The monoisotopic (exact) mass is 429 g/mol. The smallest absolute Gasteiger partial charge is 0.191 e. The van der Waals surface area contributed by atoms with Gasteiger partial charge in [-0.25, -0.2) is 0 Å². The van der Waals surface area contributed by atoms with Crippen molar-refractivity contribution in [2.75, 3.05) is 40.0 Å². The van der Waals surface area contributed by atoms with Crippen LogP contribution in [0.4, 0.5) is 0 Å². The summed E-state index contributed by atoms with van der Waals surface area (Å²) in [6, 6.07) is 0.413. The minimum absolute atomic E-state index is 0. The van der Waals surface area contributed by atoms with Crippen molar-refractivity contribution in [1.29, 1.82) is 0 Å². The number of hydrogen-bond acceptors (Lipinski definition) is 3. The van der Waals surface area contributed by atoms with Crippen LogP contribution in [-0.4, -0.2) is 52.0 Å². The number of methoxy groups -OCH3 is 1. The highest BCUT2D eigenvalue weighted by Crippen LogP contribution is 2.21. The van der Waals surface area contributed by atoms with E-state index in [2.05, 4.69) is 50.2 Å². The zero-order chi connectivity index (χ0) is 16.1. The van der Waals surface area contributed by atoms with Crippen LogP contribution in [0.5, 0.6) is 0 Å². The van der Waals surface area contributed by atoms with Gasteiger partial charge in [0.25, 0.3) is 0 Å². The van der Waals surface area contributed by atoms with E-state index in [9.17, 15) is 0 Å². The lowest BCUT2D eigenvalue weighted by Gasteiger charge is -2.23. The second kappa shape index (κ2) is 14.5. The lowest BCUT2D eigenvalue weighted by molar-refractivity contribution is 0.0748. The lowest BCUT2D eigenvalue weighted by atomic mass is 9.89. The predicted octanol–water partition coefficient (Wildman–Crippen LogP) is 3.04. The Morgan fingerprint density at radius 3 is 2.41 bits per heavy atom. The summed E-state index contributed by atoms with van der Waals surface area (Å²) in [4.78, 5) is 4.52. The quantitative estimate of drug-likeness (QED) is 0.243. The maximum atomic E-state index is 5.41. The average Bonchev–Trinajstić information content (AvgIpc) is 2.40. The topological polar surface area (TPSA) is 54.9 Å². The molecule has 0 saturated carbocycles. The Balaban J connectivity index is 0. The second-order valence-corrected chi connectivity index (χ2v) is 6.51. The van der Waals surface area contributed by atoms with Crippen molar-refractivity contribution >= 4 is 29.9 Å². The third-order valence-corrected chi connectivity index (χ3v) is 2.99. The molecule has 5 nitrogen and oxygen atoms in total. The van der Waals surface area contributed by atoms with Crippen LogP contribution in [0.15, 0.2) is 4.99 Å². The molecule has 0 aliphatic carbocycles. The number of nitrogens with zero attached hydrogens (tertiary/aromatic N) is 1. The summed E-state index contributed by atoms with van der Waals surface area (Å²) >= 11 is 0. The SMILES string of the molecule is CCNC(=NCCOCCOC)NC(C)CCC(C)(C)C.I. The van der Waals surface area contributed by atoms with Gasteiger partial charge in [-0.15, -0.1) is 24.0 Å². The summed E-state index contributed by atoms with van der Waals surface area (Å²) in [6.07, 6.45) is 2.33. The Morgan fingerprint density at radius 2 is 1.86 bits per heavy atom. The Bertz CT molecular complexity index is 281. The molecule has 0 saturated heterocycles. The molecule has 0 radical (unpaired) electrons. The highest BCUT2D eigenvalue weighted by atomic mass is 127.